The molecular formula is C15H18N2O3. The van der Waals surface area contributed by atoms with Gasteiger partial charge in [-0.2, -0.15) is 5.10 Å². The molecule has 2 rings (SSSR count). The van der Waals surface area contributed by atoms with Gasteiger partial charge in [0.25, 0.3) is 0 Å². The maximum absolute atomic E-state index is 10.8. The Bertz CT molecular complexity index is 659. The van der Waals surface area contributed by atoms with E-state index in [9.17, 15) is 4.79 Å². The van der Waals surface area contributed by atoms with Crippen LogP contribution in [0.1, 0.15) is 16.8 Å². The van der Waals surface area contributed by atoms with Crippen molar-refractivity contribution < 1.29 is 14.6 Å². The summed E-state index contributed by atoms with van der Waals surface area (Å²) in [6.45, 7) is 3.98. The minimum Gasteiger partial charge on any atom is -0.496 e. The first-order chi connectivity index (χ1) is 9.42. The Kier molecular flexibility index (Phi) is 3.79. The summed E-state index contributed by atoms with van der Waals surface area (Å²) >= 11 is 0. The van der Waals surface area contributed by atoms with Gasteiger partial charge in [0.2, 0.25) is 0 Å². The van der Waals surface area contributed by atoms with E-state index in [4.69, 9.17) is 9.84 Å². The molecule has 0 aliphatic heterocycles. The molecule has 2 aromatic rings. The first-order valence-corrected chi connectivity index (χ1v) is 6.32. The summed E-state index contributed by atoms with van der Waals surface area (Å²) < 4.78 is 7.02. The van der Waals surface area contributed by atoms with Gasteiger partial charge in [-0.05, 0) is 43.2 Å². The summed E-state index contributed by atoms with van der Waals surface area (Å²) in [5.41, 5.74) is 4.61. The molecule has 1 N–H and O–H groups in total. The third kappa shape index (κ3) is 2.66. The smallest absolute Gasteiger partial charge is 0.309 e. The summed E-state index contributed by atoms with van der Waals surface area (Å²) in [6, 6.07) is 5.84. The molecule has 0 radical (unpaired) electrons. The van der Waals surface area contributed by atoms with Crippen molar-refractivity contribution in [2.45, 2.75) is 20.3 Å². The molecule has 0 saturated carbocycles. The minimum absolute atomic E-state index is 0.0674. The van der Waals surface area contributed by atoms with E-state index in [0.717, 1.165) is 28.1 Å². The number of hydrogen-bond acceptors (Lipinski definition) is 3. The van der Waals surface area contributed by atoms with Gasteiger partial charge in [-0.3, -0.25) is 9.48 Å². The largest absolute Gasteiger partial charge is 0.496 e. The molecule has 0 atom stereocenters. The summed E-state index contributed by atoms with van der Waals surface area (Å²) in [7, 11) is 3.47. The van der Waals surface area contributed by atoms with Crippen molar-refractivity contribution in [3.05, 3.63) is 35.0 Å². The number of nitrogens with zero attached hydrogens (tertiary/aromatic N) is 2. The monoisotopic (exact) mass is 274 g/mol. The average Bonchev–Trinajstić information content (AvgIpc) is 2.71. The number of carbonyl (C=O) groups is 1. The van der Waals surface area contributed by atoms with Crippen molar-refractivity contribution in [3.63, 3.8) is 0 Å². The van der Waals surface area contributed by atoms with Gasteiger partial charge in [0.05, 0.1) is 24.9 Å². The highest BCUT2D eigenvalue weighted by Gasteiger charge is 2.13. The highest BCUT2D eigenvalue weighted by Crippen LogP contribution is 2.30. The second kappa shape index (κ2) is 5.36. The van der Waals surface area contributed by atoms with Gasteiger partial charge in [0, 0.05) is 12.6 Å². The van der Waals surface area contributed by atoms with Crippen molar-refractivity contribution in [2.24, 2.45) is 7.05 Å². The number of hydrogen-bond donors (Lipinski definition) is 1. The first kappa shape index (κ1) is 14.1. The lowest BCUT2D eigenvalue weighted by atomic mass is 10.0. The highest BCUT2D eigenvalue weighted by molar-refractivity contribution is 5.72. The molecule has 20 heavy (non-hydrogen) atoms. The van der Waals surface area contributed by atoms with Gasteiger partial charge in [-0.1, -0.05) is 0 Å². The molecule has 0 unspecified atom stereocenters. The normalized spacial score (nSPS) is 10.6. The van der Waals surface area contributed by atoms with Crippen LogP contribution in [-0.4, -0.2) is 28.0 Å². The van der Waals surface area contributed by atoms with Gasteiger partial charge in [-0.15, -0.1) is 0 Å². The summed E-state index contributed by atoms with van der Waals surface area (Å²) in [5.74, 6) is -0.0311. The molecule has 0 aliphatic carbocycles. The molecule has 1 aromatic heterocycles. The summed E-state index contributed by atoms with van der Waals surface area (Å²) in [4.78, 5) is 10.8. The van der Waals surface area contributed by atoms with E-state index in [-0.39, 0.29) is 6.42 Å². The molecule has 0 saturated heterocycles. The average molecular weight is 274 g/mol. The number of aliphatic carboxylic acids is 1. The van der Waals surface area contributed by atoms with Crippen LogP contribution in [0.15, 0.2) is 18.2 Å². The van der Waals surface area contributed by atoms with E-state index in [2.05, 4.69) is 5.10 Å². The van der Waals surface area contributed by atoms with E-state index in [1.165, 1.54) is 0 Å². The molecule has 106 valence electrons. The third-order valence-corrected chi connectivity index (χ3v) is 3.28. The Morgan fingerprint density at radius 1 is 1.30 bits per heavy atom. The van der Waals surface area contributed by atoms with Gasteiger partial charge in [0.1, 0.15) is 5.75 Å². The lowest BCUT2D eigenvalue weighted by Crippen LogP contribution is -2.01. The minimum atomic E-state index is -0.878. The Balaban J connectivity index is 2.48. The van der Waals surface area contributed by atoms with Gasteiger partial charge < -0.3 is 9.84 Å². The van der Waals surface area contributed by atoms with Crippen molar-refractivity contribution in [2.75, 3.05) is 7.11 Å². The molecule has 0 amide bonds. The number of ether oxygens (including phenoxy) is 1. The SMILES string of the molecule is COc1cc(C)c(-c2cc(CC(=O)O)nn2C)cc1C. The zero-order valence-electron chi connectivity index (χ0n) is 12.1. The van der Waals surface area contributed by atoms with Crippen LogP contribution in [0.5, 0.6) is 5.75 Å². The fourth-order valence-corrected chi connectivity index (χ4v) is 2.31. The third-order valence-electron chi connectivity index (χ3n) is 3.28. The lowest BCUT2D eigenvalue weighted by Gasteiger charge is -2.11. The Morgan fingerprint density at radius 3 is 2.60 bits per heavy atom. The van der Waals surface area contributed by atoms with Gasteiger partial charge in [-0.25, -0.2) is 0 Å². The highest BCUT2D eigenvalue weighted by atomic mass is 16.5. The van der Waals surface area contributed by atoms with E-state index in [1.54, 1.807) is 11.8 Å². The lowest BCUT2D eigenvalue weighted by molar-refractivity contribution is -0.136. The van der Waals surface area contributed by atoms with Crippen molar-refractivity contribution in [1.82, 2.24) is 9.78 Å². The van der Waals surface area contributed by atoms with Gasteiger partial charge >= 0.3 is 5.97 Å². The van der Waals surface area contributed by atoms with E-state index >= 15 is 0 Å². The van der Waals surface area contributed by atoms with Crippen LogP contribution in [0.2, 0.25) is 0 Å². The second-order valence-electron chi connectivity index (χ2n) is 4.85. The Morgan fingerprint density at radius 2 is 2.00 bits per heavy atom. The second-order valence-corrected chi connectivity index (χ2v) is 4.85. The number of aryl methyl sites for hydroxylation is 3. The van der Waals surface area contributed by atoms with Crippen LogP contribution in [0.4, 0.5) is 0 Å². The molecule has 0 aliphatic rings. The zero-order valence-corrected chi connectivity index (χ0v) is 12.1. The van der Waals surface area contributed by atoms with Gasteiger partial charge in [0.15, 0.2) is 0 Å². The molecule has 1 aromatic carbocycles. The van der Waals surface area contributed by atoms with Crippen LogP contribution < -0.4 is 4.74 Å². The fraction of sp³-hybridized carbons (Fsp3) is 0.333. The maximum Gasteiger partial charge on any atom is 0.309 e. The first-order valence-electron chi connectivity index (χ1n) is 6.32. The Labute approximate surface area is 117 Å². The van der Waals surface area contributed by atoms with Crippen molar-refractivity contribution in [1.29, 1.82) is 0 Å². The van der Waals surface area contributed by atoms with Crippen LogP contribution in [0.25, 0.3) is 11.3 Å². The molecule has 0 fully saturated rings. The van der Waals surface area contributed by atoms with E-state index < -0.39 is 5.97 Å². The number of carboxylic acid groups (broad SMARTS) is 1. The number of methoxy groups -OCH3 is 1. The number of rotatable bonds is 4. The predicted octanol–water partition coefficient (Wildman–Crippen LogP) is 2.34. The number of carboxylic acids is 1. The summed E-state index contributed by atoms with van der Waals surface area (Å²) in [5, 5.41) is 13.1. The fourth-order valence-electron chi connectivity index (χ4n) is 2.31. The topological polar surface area (TPSA) is 64.3 Å². The molecule has 0 bridgehead atoms. The maximum atomic E-state index is 10.8. The number of benzene rings is 1. The standard InChI is InChI=1S/C15H18N2O3/c1-9-6-14(20-4)10(2)5-12(9)13-7-11(8-15(18)19)16-17(13)3/h5-7H,8H2,1-4H3,(H,18,19). The molecule has 5 nitrogen and oxygen atoms in total. The quantitative estimate of drug-likeness (QED) is 0.929. The van der Waals surface area contributed by atoms with Crippen LogP contribution in [-0.2, 0) is 18.3 Å². The van der Waals surface area contributed by atoms with Crippen LogP contribution >= 0.6 is 0 Å². The molecule has 5 heteroatoms. The van der Waals surface area contributed by atoms with Crippen LogP contribution in [0.3, 0.4) is 0 Å². The zero-order chi connectivity index (χ0) is 14.9. The molecular weight excluding hydrogens is 256 g/mol. The van der Waals surface area contributed by atoms with Crippen LogP contribution in [0, 0.1) is 13.8 Å². The Hall–Kier alpha value is -2.30. The molecule has 0 spiro atoms. The van der Waals surface area contributed by atoms with Crippen molar-refractivity contribution >= 4 is 5.97 Å². The number of aromatic nitrogens is 2. The predicted molar refractivity (Wildman–Crippen MR) is 76.0 cm³/mol. The van der Waals surface area contributed by atoms with E-state index in [1.807, 2.05) is 39.1 Å². The van der Waals surface area contributed by atoms with Crippen molar-refractivity contribution in [3.8, 4) is 17.0 Å². The summed E-state index contributed by atoms with van der Waals surface area (Å²) in [6.07, 6.45) is -0.0674. The van der Waals surface area contributed by atoms with E-state index in [0.29, 0.717) is 5.69 Å². The molecule has 1 heterocycles.